The Balaban J connectivity index is 1.83. The molecule has 3 N–H and O–H groups in total. The number of aryl methyl sites for hydroxylation is 2. The Morgan fingerprint density at radius 2 is 2.15 bits per heavy atom. The molecule has 1 amide bonds. The van der Waals surface area contributed by atoms with Crippen LogP contribution in [0.5, 0.6) is 0 Å². The van der Waals surface area contributed by atoms with Crippen LogP contribution in [0.4, 0.5) is 0 Å². The lowest BCUT2D eigenvalue weighted by atomic mass is 10.1. The van der Waals surface area contributed by atoms with Crippen LogP contribution in [0.3, 0.4) is 0 Å². The smallest absolute Gasteiger partial charge is 0.234 e. The Kier molecular flexibility index (Phi) is 5.18. The SMILES string of the molecule is Cc1cc(C(C)NC(=O)CN2CCC(N)CC2)c(C)s1. The van der Waals surface area contributed by atoms with Crippen molar-refractivity contribution in [3.05, 3.63) is 21.4 Å². The predicted octanol–water partition coefficient (Wildman–Crippen LogP) is 1.97. The first-order valence-corrected chi connectivity index (χ1v) is 8.11. The van der Waals surface area contributed by atoms with E-state index < -0.39 is 0 Å². The van der Waals surface area contributed by atoms with Gasteiger partial charge >= 0.3 is 0 Å². The molecule has 0 spiro atoms. The molecule has 1 saturated heterocycles. The largest absolute Gasteiger partial charge is 0.348 e. The molecular formula is C15H25N3OS. The van der Waals surface area contributed by atoms with Crippen LogP contribution in [0.1, 0.15) is 41.1 Å². The van der Waals surface area contributed by atoms with E-state index in [0.717, 1.165) is 25.9 Å². The van der Waals surface area contributed by atoms with Crippen molar-refractivity contribution in [3.63, 3.8) is 0 Å². The van der Waals surface area contributed by atoms with Crippen molar-refractivity contribution in [2.75, 3.05) is 19.6 Å². The maximum Gasteiger partial charge on any atom is 0.234 e. The van der Waals surface area contributed by atoms with Gasteiger partial charge in [-0.05, 0) is 45.2 Å². The van der Waals surface area contributed by atoms with Crippen molar-refractivity contribution in [2.24, 2.45) is 5.73 Å². The fourth-order valence-corrected chi connectivity index (χ4v) is 3.78. The molecule has 0 aliphatic carbocycles. The third-order valence-corrected chi connectivity index (χ3v) is 4.90. The van der Waals surface area contributed by atoms with Gasteiger partial charge in [-0.3, -0.25) is 9.69 Å². The van der Waals surface area contributed by atoms with Crippen molar-refractivity contribution >= 4 is 17.2 Å². The van der Waals surface area contributed by atoms with Crippen LogP contribution < -0.4 is 11.1 Å². The summed E-state index contributed by atoms with van der Waals surface area (Å²) in [5, 5.41) is 3.10. The molecule has 0 aromatic carbocycles. The van der Waals surface area contributed by atoms with Gasteiger partial charge in [0.2, 0.25) is 5.91 Å². The summed E-state index contributed by atoms with van der Waals surface area (Å²) in [7, 11) is 0. The van der Waals surface area contributed by atoms with Crippen LogP contribution >= 0.6 is 11.3 Å². The molecule has 1 aliphatic heterocycles. The van der Waals surface area contributed by atoms with Crippen LogP contribution in [-0.2, 0) is 4.79 Å². The summed E-state index contributed by atoms with van der Waals surface area (Å²) < 4.78 is 0. The van der Waals surface area contributed by atoms with E-state index in [0.29, 0.717) is 12.6 Å². The first-order valence-electron chi connectivity index (χ1n) is 7.30. The second-order valence-corrected chi connectivity index (χ2v) is 7.23. The minimum Gasteiger partial charge on any atom is -0.348 e. The van der Waals surface area contributed by atoms with Gasteiger partial charge in [0.1, 0.15) is 0 Å². The van der Waals surface area contributed by atoms with Crippen LogP contribution in [0.25, 0.3) is 0 Å². The van der Waals surface area contributed by atoms with Gasteiger partial charge in [-0.2, -0.15) is 0 Å². The molecule has 20 heavy (non-hydrogen) atoms. The molecule has 112 valence electrons. The van der Waals surface area contributed by atoms with Gasteiger partial charge < -0.3 is 11.1 Å². The van der Waals surface area contributed by atoms with E-state index in [1.165, 1.54) is 15.3 Å². The van der Waals surface area contributed by atoms with Crippen LogP contribution in [0.15, 0.2) is 6.07 Å². The number of likely N-dealkylation sites (tertiary alicyclic amines) is 1. The van der Waals surface area contributed by atoms with Crippen molar-refractivity contribution in [3.8, 4) is 0 Å². The average Bonchev–Trinajstić information content (AvgIpc) is 2.71. The number of carbonyl (C=O) groups is 1. The topological polar surface area (TPSA) is 58.4 Å². The Morgan fingerprint density at radius 3 is 2.70 bits per heavy atom. The number of piperidine rings is 1. The van der Waals surface area contributed by atoms with Gasteiger partial charge in [0, 0.05) is 28.9 Å². The van der Waals surface area contributed by atoms with Crippen molar-refractivity contribution in [1.82, 2.24) is 10.2 Å². The standard InChI is InChI=1S/C15H25N3OS/c1-10-8-14(12(3)20-10)11(2)17-15(19)9-18-6-4-13(16)5-7-18/h8,11,13H,4-7,9,16H2,1-3H3,(H,17,19). The van der Waals surface area contributed by atoms with E-state index >= 15 is 0 Å². The van der Waals surface area contributed by atoms with Gasteiger partial charge in [0.15, 0.2) is 0 Å². The molecule has 0 bridgehead atoms. The molecule has 1 aliphatic rings. The summed E-state index contributed by atoms with van der Waals surface area (Å²) in [5.41, 5.74) is 7.11. The lowest BCUT2D eigenvalue weighted by Gasteiger charge is -2.29. The van der Waals surface area contributed by atoms with Crippen LogP contribution in [0.2, 0.25) is 0 Å². The van der Waals surface area contributed by atoms with Gasteiger partial charge in [-0.1, -0.05) is 0 Å². The molecule has 2 heterocycles. The Labute approximate surface area is 125 Å². The first kappa shape index (κ1) is 15.5. The number of rotatable bonds is 4. The zero-order valence-corrected chi connectivity index (χ0v) is 13.4. The number of amides is 1. The summed E-state index contributed by atoms with van der Waals surface area (Å²) in [6.45, 7) is 8.62. The summed E-state index contributed by atoms with van der Waals surface area (Å²) in [4.78, 5) is 16.9. The van der Waals surface area contributed by atoms with E-state index in [1.807, 2.05) is 0 Å². The number of nitrogens with one attached hydrogen (secondary N) is 1. The van der Waals surface area contributed by atoms with Crippen molar-refractivity contribution in [1.29, 1.82) is 0 Å². The van der Waals surface area contributed by atoms with E-state index in [-0.39, 0.29) is 11.9 Å². The van der Waals surface area contributed by atoms with E-state index in [4.69, 9.17) is 5.73 Å². The third-order valence-electron chi connectivity index (χ3n) is 3.92. The molecule has 1 unspecified atom stereocenters. The maximum absolute atomic E-state index is 12.1. The van der Waals surface area contributed by atoms with Gasteiger partial charge in [-0.25, -0.2) is 0 Å². The first-order chi connectivity index (χ1) is 9.45. The molecule has 2 rings (SSSR count). The number of hydrogen-bond donors (Lipinski definition) is 2. The second kappa shape index (κ2) is 6.70. The minimum absolute atomic E-state index is 0.0829. The summed E-state index contributed by atoms with van der Waals surface area (Å²) >= 11 is 1.78. The summed E-state index contributed by atoms with van der Waals surface area (Å²) in [6, 6.07) is 2.56. The van der Waals surface area contributed by atoms with Crippen LogP contribution in [0, 0.1) is 13.8 Å². The quantitative estimate of drug-likeness (QED) is 0.893. The molecule has 1 atom stereocenters. The summed E-state index contributed by atoms with van der Waals surface area (Å²) in [6.07, 6.45) is 1.98. The third kappa shape index (κ3) is 4.04. The minimum atomic E-state index is 0.0829. The fraction of sp³-hybridized carbons (Fsp3) is 0.667. The highest BCUT2D eigenvalue weighted by Crippen LogP contribution is 2.26. The van der Waals surface area contributed by atoms with Crippen molar-refractivity contribution < 1.29 is 4.79 Å². The number of nitrogens with two attached hydrogens (primary N) is 1. The zero-order chi connectivity index (χ0) is 14.7. The van der Waals surface area contributed by atoms with Gasteiger partial charge in [0.05, 0.1) is 12.6 Å². The van der Waals surface area contributed by atoms with Gasteiger partial charge in [-0.15, -0.1) is 11.3 Å². The van der Waals surface area contributed by atoms with Gasteiger partial charge in [0.25, 0.3) is 0 Å². The monoisotopic (exact) mass is 295 g/mol. The highest BCUT2D eigenvalue weighted by Gasteiger charge is 2.20. The molecule has 0 saturated carbocycles. The Hall–Kier alpha value is -0.910. The van der Waals surface area contributed by atoms with E-state index in [9.17, 15) is 4.79 Å². The van der Waals surface area contributed by atoms with E-state index in [2.05, 4.69) is 37.1 Å². The number of carbonyl (C=O) groups excluding carboxylic acids is 1. The molecule has 4 nitrogen and oxygen atoms in total. The molecule has 1 aromatic rings. The molecule has 5 heteroatoms. The average molecular weight is 295 g/mol. The normalized spacial score (nSPS) is 19.0. The fourth-order valence-electron chi connectivity index (χ4n) is 2.76. The number of hydrogen-bond acceptors (Lipinski definition) is 4. The molecule has 1 fully saturated rings. The van der Waals surface area contributed by atoms with Crippen LogP contribution in [-0.4, -0.2) is 36.5 Å². The van der Waals surface area contributed by atoms with E-state index in [1.54, 1.807) is 11.3 Å². The second-order valence-electron chi connectivity index (χ2n) is 5.77. The number of thiophene rings is 1. The highest BCUT2D eigenvalue weighted by atomic mass is 32.1. The lowest BCUT2D eigenvalue weighted by molar-refractivity contribution is -0.123. The lowest BCUT2D eigenvalue weighted by Crippen LogP contribution is -2.44. The predicted molar refractivity (Wildman–Crippen MR) is 84.0 cm³/mol. The molecule has 1 aromatic heterocycles. The molecule has 0 radical (unpaired) electrons. The highest BCUT2D eigenvalue weighted by molar-refractivity contribution is 7.12. The number of nitrogens with zero attached hydrogens (tertiary/aromatic N) is 1. The molecular weight excluding hydrogens is 270 g/mol. The Morgan fingerprint density at radius 1 is 1.50 bits per heavy atom. The van der Waals surface area contributed by atoms with Crippen molar-refractivity contribution in [2.45, 2.75) is 45.7 Å². The maximum atomic E-state index is 12.1. The Bertz CT molecular complexity index is 464. The summed E-state index contributed by atoms with van der Waals surface area (Å²) in [5.74, 6) is 0.108. The zero-order valence-electron chi connectivity index (χ0n) is 12.6.